The average molecular weight is 292 g/mol. The fraction of sp³-hybridized carbons (Fsp3) is 0.533. The minimum absolute atomic E-state index is 0.179. The molecule has 1 aliphatic rings. The van der Waals surface area contributed by atoms with Gasteiger partial charge in [-0.2, -0.15) is 5.26 Å². The van der Waals surface area contributed by atoms with Crippen LogP contribution in [-0.4, -0.2) is 33.0 Å². The molecule has 4 nitrogen and oxygen atoms in total. The molecule has 2 rings (SSSR count). The zero-order valence-corrected chi connectivity index (χ0v) is 12.7. The zero-order chi connectivity index (χ0) is 14.8. The van der Waals surface area contributed by atoms with Crippen LogP contribution in [0.3, 0.4) is 0 Å². The third-order valence-electron chi connectivity index (χ3n) is 4.16. The lowest BCUT2D eigenvalue weighted by molar-refractivity contribution is 0.422. The van der Waals surface area contributed by atoms with E-state index >= 15 is 0 Å². The molecule has 0 spiro atoms. The second-order valence-electron chi connectivity index (χ2n) is 5.51. The van der Waals surface area contributed by atoms with Crippen molar-refractivity contribution in [2.45, 2.75) is 37.0 Å². The Kier molecular flexibility index (Phi) is 4.34. The maximum absolute atomic E-state index is 11.7. The van der Waals surface area contributed by atoms with Crippen molar-refractivity contribution in [2.75, 3.05) is 18.2 Å². The van der Waals surface area contributed by atoms with Crippen molar-refractivity contribution >= 4 is 15.5 Å². The van der Waals surface area contributed by atoms with E-state index < -0.39 is 9.84 Å². The van der Waals surface area contributed by atoms with Crippen LogP contribution < -0.4 is 4.90 Å². The predicted molar refractivity (Wildman–Crippen MR) is 80.4 cm³/mol. The summed E-state index contributed by atoms with van der Waals surface area (Å²) in [5.41, 5.74) is 1.52. The standard InChI is InChI=1S/C15H20N2O2S/c1-17(15-9-4-3-6-12(15)11-16)13-7-5-8-14(10-13)20(2,18)19/h3-4,6,9,13-14H,5,7-8,10H2,1-2H3. The Morgan fingerprint density at radius 3 is 2.65 bits per heavy atom. The van der Waals surface area contributed by atoms with Crippen molar-refractivity contribution in [1.29, 1.82) is 5.26 Å². The van der Waals surface area contributed by atoms with Gasteiger partial charge in [-0.1, -0.05) is 18.6 Å². The molecular formula is C15H20N2O2S. The molecule has 0 radical (unpaired) electrons. The first-order chi connectivity index (χ1) is 9.43. The second kappa shape index (κ2) is 5.84. The molecule has 0 N–H and O–H groups in total. The third kappa shape index (κ3) is 3.13. The Labute approximate surface area is 120 Å². The number of benzene rings is 1. The van der Waals surface area contributed by atoms with Gasteiger partial charge in [0.1, 0.15) is 15.9 Å². The molecule has 1 aromatic carbocycles. The number of hydrogen-bond acceptors (Lipinski definition) is 4. The highest BCUT2D eigenvalue weighted by Gasteiger charge is 2.31. The number of rotatable bonds is 3. The first kappa shape index (κ1) is 14.9. The van der Waals surface area contributed by atoms with Crippen molar-refractivity contribution in [2.24, 2.45) is 0 Å². The summed E-state index contributed by atoms with van der Waals surface area (Å²) >= 11 is 0. The normalized spacial score (nSPS) is 23.1. The van der Waals surface area contributed by atoms with Gasteiger partial charge in [-0.25, -0.2) is 8.42 Å². The van der Waals surface area contributed by atoms with E-state index in [0.717, 1.165) is 24.9 Å². The van der Waals surface area contributed by atoms with Crippen LogP contribution in [0.4, 0.5) is 5.69 Å². The summed E-state index contributed by atoms with van der Waals surface area (Å²) in [5, 5.41) is 8.92. The molecule has 20 heavy (non-hydrogen) atoms. The highest BCUT2D eigenvalue weighted by Crippen LogP contribution is 2.30. The lowest BCUT2D eigenvalue weighted by atomic mass is 9.93. The summed E-state index contributed by atoms with van der Waals surface area (Å²) in [6.45, 7) is 0. The van der Waals surface area contributed by atoms with E-state index in [0.29, 0.717) is 12.0 Å². The molecule has 0 bridgehead atoms. The van der Waals surface area contributed by atoms with E-state index in [1.807, 2.05) is 25.2 Å². The molecule has 0 heterocycles. The van der Waals surface area contributed by atoms with Crippen molar-refractivity contribution in [1.82, 2.24) is 0 Å². The molecule has 1 saturated carbocycles. The first-order valence-corrected chi connectivity index (χ1v) is 8.79. The number of nitrogens with zero attached hydrogens (tertiary/aromatic N) is 2. The Morgan fingerprint density at radius 2 is 2.00 bits per heavy atom. The summed E-state index contributed by atoms with van der Waals surface area (Å²) in [4.78, 5) is 2.07. The maximum atomic E-state index is 11.7. The minimum atomic E-state index is -2.98. The smallest absolute Gasteiger partial charge is 0.150 e. The number of nitriles is 1. The van der Waals surface area contributed by atoms with Crippen LogP contribution in [0.15, 0.2) is 24.3 Å². The topological polar surface area (TPSA) is 61.2 Å². The third-order valence-corrected chi connectivity index (χ3v) is 5.80. The van der Waals surface area contributed by atoms with Crippen LogP contribution in [0.1, 0.15) is 31.2 Å². The van der Waals surface area contributed by atoms with Crippen molar-refractivity contribution < 1.29 is 8.42 Å². The Bertz CT molecular complexity index is 619. The molecule has 0 saturated heterocycles. The quantitative estimate of drug-likeness (QED) is 0.858. The van der Waals surface area contributed by atoms with Gasteiger partial charge in [0.2, 0.25) is 0 Å². The number of hydrogen-bond donors (Lipinski definition) is 0. The largest absolute Gasteiger partial charge is 0.370 e. The number of sulfone groups is 1. The SMILES string of the molecule is CN(c1ccccc1C#N)C1CCCC(S(C)(=O)=O)C1. The Hall–Kier alpha value is -1.54. The second-order valence-corrected chi connectivity index (χ2v) is 7.84. The van der Waals surface area contributed by atoms with Crippen LogP contribution in [-0.2, 0) is 9.84 Å². The zero-order valence-electron chi connectivity index (χ0n) is 11.9. The summed E-state index contributed by atoms with van der Waals surface area (Å²) in [5.74, 6) is 0. The van der Waals surface area contributed by atoms with Crippen LogP contribution in [0.2, 0.25) is 0 Å². The van der Waals surface area contributed by atoms with E-state index in [4.69, 9.17) is 0 Å². The molecule has 1 aliphatic carbocycles. The van der Waals surface area contributed by atoms with E-state index in [1.165, 1.54) is 6.26 Å². The van der Waals surface area contributed by atoms with Gasteiger partial charge in [0, 0.05) is 19.3 Å². The summed E-state index contributed by atoms with van der Waals surface area (Å²) < 4.78 is 23.5. The fourth-order valence-electron chi connectivity index (χ4n) is 2.93. The lowest BCUT2D eigenvalue weighted by Crippen LogP contribution is -2.40. The maximum Gasteiger partial charge on any atom is 0.150 e. The number of para-hydroxylation sites is 1. The van der Waals surface area contributed by atoms with E-state index in [9.17, 15) is 13.7 Å². The van der Waals surface area contributed by atoms with Crippen molar-refractivity contribution in [3.63, 3.8) is 0 Å². The van der Waals surface area contributed by atoms with Gasteiger partial charge in [0.05, 0.1) is 16.5 Å². The van der Waals surface area contributed by atoms with Gasteiger partial charge in [-0.3, -0.25) is 0 Å². The van der Waals surface area contributed by atoms with Gasteiger partial charge in [-0.15, -0.1) is 0 Å². The van der Waals surface area contributed by atoms with Gasteiger partial charge < -0.3 is 4.90 Å². The van der Waals surface area contributed by atoms with E-state index in [1.54, 1.807) is 6.07 Å². The van der Waals surface area contributed by atoms with Crippen molar-refractivity contribution in [3.8, 4) is 6.07 Å². The van der Waals surface area contributed by atoms with Crippen LogP contribution in [0, 0.1) is 11.3 Å². The highest BCUT2D eigenvalue weighted by molar-refractivity contribution is 7.91. The molecule has 2 atom stereocenters. The number of anilines is 1. The Balaban J connectivity index is 2.21. The fourth-order valence-corrected chi connectivity index (χ4v) is 4.10. The molecular weight excluding hydrogens is 272 g/mol. The van der Waals surface area contributed by atoms with Crippen LogP contribution in [0.25, 0.3) is 0 Å². The molecule has 0 amide bonds. The van der Waals surface area contributed by atoms with Crippen LogP contribution in [0.5, 0.6) is 0 Å². The first-order valence-electron chi connectivity index (χ1n) is 6.84. The molecule has 0 aliphatic heterocycles. The van der Waals surface area contributed by atoms with Crippen molar-refractivity contribution in [3.05, 3.63) is 29.8 Å². The lowest BCUT2D eigenvalue weighted by Gasteiger charge is -2.36. The molecule has 108 valence electrons. The van der Waals surface area contributed by atoms with E-state index in [-0.39, 0.29) is 11.3 Å². The van der Waals surface area contributed by atoms with E-state index in [2.05, 4.69) is 11.0 Å². The molecule has 0 aromatic heterocycles. The summed E-state index contributed by atoms with van der Waals surface area (Å²) in [6, 6.07) is 9.84. The minimum Gasteiger partial charge on any atom is -0.370 e. The average Bonchev–Trinajstić information content (AvgIpc) is 2.45. The predicted octanol–water partition coefficient (Wildman–Crippen LogP) is 2.35. The Morgan fingerprint density at radius 1 is 1.30 bits per heavy atom. The monoisotopic (exact) mass is 292 g/mol. The van der Waals surface area contributed by atoms with Gasteiger partial charge in [-0.05, 0) is 31.4 Å². The van der Waals surface area contributed by atoms with Crippen LogP contribution >= 0.6 is 0 Å². The van der Waals surface area contributed by atoms with Gasteiger partial charge in [0.25, 0.3) is 0 Å². The highest BCUT2D eigenvalue weighted by atomic mass is 32.2. The molecule has 1 aromatic rings. The molecule has 2 unspecified atom stereocenters. The summed E-state index contributed by atoms with van der Waals surface area (Å²) in [6.07, 6.45) is 4.62. The molecule has 1 fully saturated rings. The van der Waals surface area contributed by atoms with Gasteiger partial charge >= 0.3 is 0 Å². The molecule has 5 heteroatoms. The van der Waals surface area contributed by atoms with Gasteiger partial charge in [0.15, 0.2) is 0 Å². The summed E-state index contributed by atoms with van der Waals surface area (Å²) in [7, 11) is -1.03.